The number of nitrogens with zero attached hydrogens (tertiary/aromatic N) is 3. The van der Waals surface area contributed by atoms with Crippen LogP contribution in [0.25, 0.3) is 44.4 Å². The van der Waals surface area contributed by atoms with Crippen LogP contribution in [0.3, 0.4) is 0 Å². The summed E-state index contributed by atoms with van der Waals surface area (Å²) in [6, 6.07) is 14.5. The molecule has 9 rings (SSSR count). The lowest BCUT2D eigenvalue weighted by Crippen LogP contribution is -2.51. The first-order valence-electron chi connectivity index (χ1n) is 19.7. The minimum Gasteiger partial charge on any atom is -0.453 e. The number of imidazole rings is 1. The molecule has 10 heteroatoms. The monoisotopic (exact) mass is 724 g/mol. The smallest absolute Gasteiger partial charge is 0.407 e. The van der Waals surface area contributed by atoms with Crippen LogP contribution in [-0.2, 0) is 35.2 Å². The normalized spacial score (nSPS) is 19.1. The van der Waals surface area contributed by atoms with Crippen molar-refractivity contribution in [2.45, 2.75) is 96.6 Å². The van der Waals surface area contributed by atoms with Crippen LogP contribution in [0, 0.1) is 11.3 Å². The van der Waals surface area contributed by atoms with E-state index in [9.17, 15) is 14.4 Å². The van der Waals surface area contributed by atoms with Crippen LogP contribution >= 0.6 is 0 Å². The summed E-state index contributed by atoms with van der Waals surface area (Å²) in [4.78, 5) is 56.1. The summed E-state index contributed by atoms with van der Waals surface area (Å²) >= 11 is 0. The minimum absolute atomic E-state index is 0.0886. The zero-order valence-corrected chi connectivity index (χ0v) is 31.4. The van der Waals surface area contributed by atoms with E-state index in [-0.39, 0.29) is 23.4 Å². The molecule has 0 radical (unpaired) electrons. The van der Waals surface area contributed by atoms with Gasteiger partial charge >= 0.3 is 6.09 Å². The molecular formula is C44H48N6O4. The molecule has 10 nitrogen and oxygen atoms in total. The van der Waals surface area contributed by atoms with E-state index in [0.29, 0.717) is 22.9 Å². The van der Waals surface area contributed by atoms with Gasteiger partial charge in [-0.2, -0.15) is 0 Å². The zero-order chi connectivity index (χ0) is 37.1. The summed E-state index contributed by atoms with van der Waals surface area (Å²) in [6.45, 7) is 4.48. The fourth-order valence-electron chi connectivity index (χ4n) is 10.2. The van der Waals surface area contributed by atoms with Gasteiger partial charge in [-0.15, -0.1) is 0 Å². The lowest BCUT2D eigenvalue weighted by molar-refractivity contribution is -0.135. The number of alkyl carbamates (subject to hydrolysis) is 1. The van der Waals surface area contributed by atoms with Gasteiger partial charge < -0.3 is 24.9 Å². The first kappa shape index (κ1) is 34.5. The molecule has 3 heterocycles. The highest BCUT2D eigenvalue weighted by Crippen LogP contribution is 2.54. The van der Waals surface area contributed by atoms with E-state index in [2.05, 4.69) is 50.6 Å². The third-order valence-electron chi connectivity index (χ3n) is 12.9. The molecule has 2 fully saturated rings. The molecule has 3 N–H and O–H groups in total. The topological polar surface area (TPSA) is 133 Å². The summed E-state index contributed by atoms with van der Waals surface area (Å²) < 4.78 is 4.81. The van der Waals surface area contributed by atoms with Gasteiger partial charge in [-0.3, -0.25) is 9.59 Å². The average Bonchev–Trinajstić information content (AvgIpc) is 4.03. The second-order valence-corrected chi connectivity index (χ2v) is 16.3. The number of rotatable bonds is 7. The molecule has 2 atom stereocenters. The highest BCUT2D eigenvalue weighted by atomic mass is 16.5. The van der Waals surface area contributed by atoms with Gasteiger partial charge in [-0.05, 0) is 126 Å². The predicted octanol–water partition coefficient (Wildman–Crippen LogP) is 7.84. The number of aromatic nitrogens is 4. The second-order valence-electron chi connectivity index (χ2n) is 16.3. The summed E-state index contributed by atoms with van der Waals surface area (Å²) in [5.41, 5.74) is 13.8. The summed E-state index contributed by atoms with van der Waals surface area (Å²) in [5.74, 6) is 0.591. The fraction of sp³-hybridized carbons (Fsp3) is 0.432. The van der Waals surface area contributed by atoms with Gasteiger partial charge in [0.05, 0.1) is 42.3 Å². The standard InChI is InChI=1S/C44H48N6O4/c1-25(2)39(49-43(53)54-3)42(52)50-19-7-10-38(50)40-45-23-37(48-40)32-15-14-30(28-8-6-9-29(28)32)31-13-12-27(34-21-44(22-35(31)34)17-4-5-18-44)26-11-16-36-33(20-26)41(51)47-24-46-36/h11-16,20,23-25,38-39H,4-10,17-19,21-22H2,1-3H3,(H,45,48)(H,49,53)(H,46,47,51)/t38-,39?/m0/s1. The van der Waals surface area contributed by atoms with Crippen molar-refractivity contribution < 1.29 is 14.3 Å². The van der Waals surface area contributed by atoms with Crippen molar-refractivity contribution in [2.75, 3.05) is 13.7 Å². The van der Waals surface area contributed by atoms with Gasteiger partial charge in [0.25, 0.3) is 5.56 Å². The van der Waals surface area contributed by atoms with E-state index in [1.165, 1.54) is 83.6 Å². The molecule has 1 spiro atoms. The maximum atomic E-state index is 13.8. The third-order valence-corrected chi connectivity index (χ3v) is 12.9. The first-order valence-corrected chi connectivity index (χ1v) is 19.7. The van der Waals surface area contributed by atoms with Gasteiger partial charge in [0, 0.05) is 12.1 Å². The predicted molar refractivity (Wildman–Crippen MR) is 209 cm³/mol. The van der Waals surface area contributed by atoms with E-state index < -0.39 is 12.1 Å². The maximum absolute atomic E-state index is 13.8. The van der Waals surface area contributed by atoms with Crippen LogP contribution < -0.4 is 10.9 Å². The van der Waals surface area contributed by atoms with Crippen molar-refractivity contribution in [3.8, 4) is 33.5 Å². The summed E-state index contributed by atoms with van der Waals surface area (Å²) in [6.07, 6.45) is 15.0. The van der Waals surface area contributed by atoms with E-state index >= 15 is 0 Å². The number of nitrogens with one attached hydrogen (secondary N) is 3. The number of carbonyl (C=O) groups is 2. The number of H-pyrrole nitrogens is 2. The lowest BCUT2D eigenvalue weighted by atomic mass is 9.82. The Morgan fingerprint density at radius 3 is 2.35 bits per heavy atom. The Bertz CT molecular complexity index is 2350. The van der Waals surface area contributed by atoms with Gasteiger partial charge in [0.15, 0.2) is 0 Å². The van der Waals surface area contributed by atoms with Crippen LogP contribution in [0.2, 0.25) is 0 Å². The molecule has 54 heavy (non-hydrogen) atoms. The van der Waals surface area contributed by atoms with E-state index in [1.807, 2.05) is 37.1 Å². The third kappa shape index (κ3) is 5.81. The first-order chi connectivity index (χ1) is 26.2. The Hall–Kier alpha value is -5.25. The number of ether oxygens (including phenoxy) is 1. The van der Waals surface area contributed by atoms with Crippen molar-refractivity contribution in [3.63, 3.8) is 0 Å². The zero-order valence-electron chi connectivity index (χ0n) is 31.4. The highest BCUT2D eigenvalue weighted by molar-refractivity contribution is 5.88. The molecule has 5 aromatic rings. The molecule has 1 aliphatic heterocycles. The lowest BCUT2D eigenvalue weighted by Gasteiger charge is -2.30. The van der Waals surface area contributed by atoms with Crippen LogP contribution in [0.4, 0.5) is 4.79 Å². The molecule has 278 valence electrons. The number of fused-ring (bicyclic) bond motifs is 3. The quantitative estimate of drug-likeness (QED) is 0.157. The number of methoxy groups -OCH3 is 1. The largest absolute Gasteiger partial charge is 0.453 e. The molecule has 1 saturated carbocycles. The maximum Gasteiger partial charge on any atom is 0.407 e. The van der Waals surface area contributed by atoms with Crippen LogP contribution in [0.1, 0.15) is 92.9 Å². The Kier molecular flexibility index (Phi) is 8.66. The second kappa shape index (κ2) is 13.6. The van der Waals surface area contributed by atoms with Gasteiger partial charge in [-0.1, -0.05) is 57.0 Å². The van der Waals surface area contributed by atoms with Gasteiger partial charge in [0.2, 0.25) is 5.91 Å². The van der Waals surface area contributed by atoms with Crippen molar-refractivity contribution in [3.05, 3.63) is 93.4 Å². The van der Waals surface area contributed by atoms with Crippen LogP contribution in [-0.4, -0.2) is 56.5 Å². The van der Waals surface area contributed by atoms with E-state index in [0.717, 1.165) is 62.0 Å². The molecule has 1 unspecified atom stereocenters. The number of amides is 2. The SMILES string of the molecule is COC(=O)NC(C(=O)N1CCC[C@H]1c1ncc(-c2ccc(-c3ccc(-c4ccc5nc[nH]c(=O)c5c4)c4c3CC3(CCCC3)C4)c3c2CCC3)[nH]1)C(C)C. The van der Waals surface area contributed by atoms with Crippen molar-refractivity contribution in [1.29, 1.82) is 0 Å². The number of likely N-dealkylation sites (tertiary alicyclic amines) is 1. The van der Waals surface area contributed by atoms with Crippen molar-refractivity contribution in [2.24, 2.45) is 11.3 Å². The van der Waals surface area contributed by atoms with Crippen LogP contribution in [0.5, 0.6) is 0 Å². The Morgan fingerprint density at radius 2 is 1.59 bits per heavy atom. The average molecular weight is 725 g/mol. The minimum atomic E-state index is -0.670. The van der Waals surface area contributed by atoms with Gasteiger partial charge in [-0.25, -0.2) is 14.8 Å². The number of aromatic amines is 2. The van der Waals surface area contributed by atoms with Gasteiger partial charge in [0.1, 0.15) is 11.9 Å². The van der Waals surface area contributed by atoms with Crippen molar-refractivity contribution >= 4 is 22.9 Å². The van der Waals surface area contributed by atoms with E-state index in [1.54, 1.807) is 0 Å². The Morgan fingerprint density at radius 1 is 0.889 bits per heavy atom. The molecule has 3 aliphatic carbocycles. The number of carbonyl (C=O) groups excluding carboxylic acids is 2. The molecular weight excluding hydrogens is 677 g/mol. The number of hydrogen-bond acceptors (Lipinski definition) is 6. The number of benzene rings is 3. The summed E-state index contributed by atoms with van der Waals surface area (Å²) in [5, 5.41) is 3.37. The molecule has 3 aromatic carbocycles. The summed E-state index contributed by atoms with van der Waals surface area (Å²) in [7, 11) is 1.31. The molecule has 0 bridgehead atoms. The number of hydrogen-bond donors (Lipinski definition) is 3. The van der Waals surface area contributed by atoms with E-state index in [4.69, 9.17) is 9.72 Å². The molecule has 1 saturated heterocycles. The Balaban J connectivity index is 1.06. The highest BCUT2D eigenvalue weighted by Gasteiger charge is 2.42. The Labute approximate surface area is 315 Å². The van der Waals surface area contributed by atoms with Crippen LogP contribution in [0.15, 0.2) is 59.8 Å². The molecule has 2 aromatic heterocycles. The van der Waals surface area contributed by atoms with Crippen molar-refractivity contribution in [1.82, 2.24) is 30.2 Å². The fourth-order valence-corrected chi connectivity index (χ4v) is 10.2. The molecule has 4 aliphatic rings. The molecule has 2 amide bonds.